The van der Waals surface area contributed by atoms with Gasteiger partial charge in [0.1, 0.15) is 5.69 Å². The van der Waals surface area contributed by atoms with E-state index in [1.165, 1.54) is 0 Å². The van der Waals surface area contributed by atoms with E-state index in [9.17, 15) is 4.79 Å². The maximum atomic E-state index is 11.6. The normalized spacial score (nSPS) is 15.8. The molecule has 0 fully saturated rings. The van der Waals surface area contributed by atoms with Crippen molar-refractivity contribution in [1.29, 1.82) is 0 Å². The van der Waals surface area contributed by atoms with E-state index >= 15 is 0 Å². The molecule has 5 rings (SSSR count). The minimum Gasteiger partial charge on any atom is -0.436 e. The van der Waals surface area contributed by atoms with Crippen LogP contribution in [0.2, 0.25) is 0 Å². The molecule has 0 bridgehead atoms. The van der Waals surface area contributed by atoms with Crippen LogP contribution in [0.15, 0.2) is 95.4 Å². The van der Waals surface area contributed by atoms with Crippen LogP contribution in [0.5, 0.6) is 0 Å². The fraction of sp³-hybridized carbons (Fsp3) is 0.172. The smallest absolute Gasteiger partial charge is 0.248 e. The number of carbonyl (C=O) groups excluding carboxylic acids is 1. The number of nitrogens with zero attached hydrogens (tertiary/aromatic N) is 1. The lowest BCUT2D eigenvalue weighted by Crippen LogP contribution is -2.14. The van der Waals surface area contributed by atoms with Crippen molar-refractivity contribution in [3.05, 3.63) is 108 Å². The molecule has 1 heterocycles. The lowest BCUT2D eigenvalue weighted by Gasteiger charge is -2.22. The summed E-state index contributed by atoms with van der Waals surface area (Å²) in [5.41, 5.74) is 11.2. The van der Waals surface area contributed by atoms with Gasteiger partial charge in [-0.1, -0.05) is 78.9 Å². The van der Waals surface area contributed by atoms with Crippen molar-refractivity contribution in [2.24, 2.45) is 11.7 Å². The molecule has 4 aromatic rings. The van der Waals surface area contributed by atoms with Crippen molar-refractivity contribution < 1.29 is 9.21 Å². The fourth-order valence-electron chi connectivity index (χ4n) is 4.57. The molecule has 164 valence electrons. The number of allylic oxidation sites excluding steroid dienone is 2. The summed E-state index contributed by atoms with van der Waals surface area (Å²) >= 11 is 0. The number of hydrogen-bond donors (Lipinski definition) is 1. The predicted molar refractivity (Wildman–Crippen MR) is 131 cm³/mol. The highest BCUT2D eigenvalue weighted by atomic mass is 16.4. The number of aromatic nitrogens is 1. The summed E-state index contributed by atoms with van der Waals surface area (Å²) in [6.45, 7) is 0. The number of rotatable bonds is 6. The number of carbonyl (C=O) groups is 1. The van der Waals surface area contributed by atoms with Crippen LogP contribution in [0, 0.1) is 5.92 Å². The minimum atomic E-state index is -0.399. The van der Waals surface area contributed by atoms with Gasteiger partial charge in [0.15, 0.2) is 5.76 Å². The van der Waals surface area contributed by atoms with Crippen molar-refractivity contribution in [2.45, 2.75) is 25.7 Å². The van der Waals surface area contributed by atoms with Gasteiger partial charge < -0.3 is 10.2 Å². The Labute approximate surface area is 193 Å². The van der Waals surface area contributed by atoms with E-state index in [1.54, 1.807) is 6.07 Å². The summed E-state index contributed by atoms with van der Waals surface area (Å²) < 4.78 is 6.47. The van der Waals surface area contributed by atoms with E-state index in [0.29, 0.717) is 11.5 Å². The van der Waals surface area contributed by atoms with Crippen LogP contribution >= 0.6 is 0 Å². The number of primary amides is 1. The Kier molecular flexibility index (Phi) is 5.90. The van der Waals surface area contributed by atoms with Gasteiger partial charge in [-0.2, -0.15) is 0 Å². The molecule has 3 aromatic carbocycles. The summed E-state index contributed by atoms with van der Waals surface area (Å²) in [5, 5.41) is 0. The van der Waals surface area contributed by atoms with Gasteiger partial charge in [0.2, 0.25) is 11.8 Å². The minimum absolute atomic E-state index is 0.271. The maximum Gasteiger partial charge on any atom is 0.248 e. The van der Waals surface area contributed by atoms with Crippen molar-refractivity contribution in [2.75, 3.05) is 0 Å². The number of oxazole rings is 1. The molecule has 0 saturated heterocycles. The van der Waals surface area contributed by atoms with Crippen LogP contribution in [0.4, 0.5) is 0 Å². The molecule has 2 N–H and O–H groups in total. The summed E-state index contributed by atoms with van der Waals surface area (Å²) in [6.07, 6.45) is 6.27. The Morgan fingerprint density at radius 2 is 1.67 bits per heavy atom. The monoisotopic (exact) mass is 434 g/mol. The third-order valence-corrected chi connectivity index (χ3v) is 6.21. The zero-order chi connectivity index (χ0) is 22.6. The second-order valence-corrected chi connectivity index (χ2v) is 8.48. The van der Waals surface area contributed by atoms with E-state index in [-0.39, 0.29) is 5.92 Å². The van der Waals surface area contributed by atoms with Crippen LogP contribution < -0.4 is 5.73 Å². The molecule has 0 saturated carbocycles. The zero-order valence-corrected chi connectivity index (χ0v) is 18.4. The fourth-order valence-corrected chi connectivity index (χ4v) is 4.57. The molecule has 1 atom stereocenters. The van der Waals surface area contributed by atoms with E-state index in [4.69, 9.17) is 15.1 Å². The van der Waals surface area contributed by atoms with Gasteiger partial charge in [-0.05, 0) is 49.3 Å². The first kappa shape index (κ1) is 21.0. The standard InChI is InChI=1S/C29H26N2O2/c30-28(32)24-16-9-10-20(19-24)18-23-15-7-8-17-25(23)29-31-26(21-11-3-1-4-12-21)27(33-29)22-13-5-2-6-14-22/h1-6,9-14,16-17,19,23H,7-8,15,18H2,(H2,30,32)/t23-/m0/s1. The second-order valence-electron chi connectivity index (χ2n) is 8.48. The lowest BCUT2D eigenvalue weighted by molar-refractivity contribution is 0.1000. The molecule has 1 amide bonds. The summed E-state index contributed by atoms with van der Waals surface area (Å²) in [4.78, 5) is 16.6. The Morgan fingerprint density at radius 1 is 0.939 bits per heavy atom. The van der Waals surface area contributed by atoms with Gasteiger partial charge in [0.25, 0.3) is 0 Å². The lowest BCUT2D eigenvalue weighted by atomic mass is 9.83. The molecular weight excluding hydrogens is 408 g/mol. The molecule has 0 unspecified atom stereocenters. The molecule has 1 aromatic heterocycles. The number of benzene rings is 3. The molecule has 4 heteroatoms. The molecule has 4 nitrogen and oxygen atoms in total. The first-order valence-corrected chi connectivity index (χ1v) is 11.4. The molecule has 1 aliphatic rings. The highest BCUT2D eigenvalue weighted by Gasteiger charge is 2.26. The van der Waals surface area contributed by atoms with E-state index < -0.39 is 5.91 Å². The third-order valence-electron chi connectivity index (χ3n) is 6.21. The molecule has 0 aliphatic heterocycles. The van der Waals surface area contributed by atoms with E-state index in [1.807, 2.05) is 48.5 Å². The van der Waals surface area contributed by atoms with Gasteiger partial charge in [0, 0.05) is 22.3 Å². The number of amides is 1. The molecule has 33 heavy (non-hydrogen) atoms. The van der Waals surface area contributed by atoms with Gasteiger partial charge in [-0.25, -0.2) is 4.98 Å². The Morgan fingerprint density at radius 3 is 2.39 bits per heavy atom. The number of nitrogens with two attached hydrogens (primary N) is 1. The quantitative estimate of drug-likeness (QED) is 0.375. The Hall–Kier alpha value is -3.92. The largest absolute Gasteiger partial charge is 0.436 e. The van der Waals surface area contributed by atoms with Crippen molar-refractivity contribution in [1.82, 2.24) is 4.98 Å². The van der Waals surface area contributed by atoms with E-state index in [2.05, 4.69) is 36.4 Å². The SMILES string of the molecule is NC(=O)c1cccc(C[C@@H]2CCCC=C2c2nc(-c3ccccc3)c(-c3ccccc3)o2)c1. The molecule has 0 radical (unpaired) electrons. The van der Waals surface area contributed by atoms with Crippen molar-refractivity contribution in [3.8, 4) is 22.6 Å². The first-order chi connectivity index (χ1) is 16.2. The zero-order valence-electron chi connectivity index (χ0n) is 18.4. The van der Waals surface area contributed by atoms with Crippen molar-refractivity contribution in [3.63, 3.8) is 0 Å². The average molecular weight is 435 g/mol. The highest BCUT2D eigenvalue weighted by molar-refractivity contribution is 5.92. The van der Waals surface area contributed by atoms with Gasteiger partial charge in [0.05, 0.1) is 0 Å². The second kappa shape index (κ2) is 9.29. The van der Waals surface area contributed by atoms with Crippen molar-refractivity contribution >= 4 is 11.5 Å². The highest BCUT2D eigenvalue weighted by Crippen LogP contribution is 2.40. The molecular formula is C29H26N2O2. The molecule has 1 aliphatic carbocycles. The summed E-state index contributed by atoms with van der Waals surface area (Å²) in [6, 6.07) is 27.9. The average Bonchev–Trinajstić information content (AvgIpc) is 3.31. The Bertz CT molecular complexity index is 1230. The van der Waals surface area contributed by atoms with Crippen LogP contribution in [0.25, 0.3) is 28.2 Å². The van der Waals surface area contributed by atoms with Gasteiger partial charge >= 0.3 is 0 Å². The van der Waals surface area contributed by atoms with Crippen LogP contribution in [0.1, 0.15) is 41.1 Å². The topological polar surface area (TPSA) is 69.1 Å². The number of hydrogen-bond acceptors (Lipinski definition) is 3. The first-order valence-electron chi connectivity index (χ1n) is 11.4. The molecule has 0 spiro atoms. The van der Waals surface area contributed by atoms with Crippen LogP contribution in [-0.2, 0) is 6.42 Å². The van der Waals surface area contributed by atoms with Crippen LogP contribution in [0.3, 0.4) is 0 Å². The van der Waals surface area contributed by atoms with E-state index in [0.717, 1.165) is 59.4 Å². The third kappa shape index (κ3) is 4.51. The Balaban J connectivity index is 1.53. The van der Waals surface area contributed by atoms with Gasteiger partial charge in [-0.3, -0.25) is 4.79 Å². The van der Waals surface area contributed by atoms with Gasteiger partial charge in [-0.15, -0.1) is 0 Å². The summed E-state index contributed by atoms with van der Waals surface area (Å²) in [5.74, 6) is 1.35. The van der Waals surface area contributed by atoms with Crippen LogP contribution in [-0.4, -0.2) is 10.9 Å². The predicted octanol–water partition coefficient (Wildman–Crippen LogP) is 6.53. The summed E-state index contributed by atoms with van der Waals surface area (Å²) in [7, 11) is 0. The maximum absolute atomic E-state index is 11.6.